The highest BCUT2D eigenvalue weighted by atomic mass is 35.5. The van der Waals surface area contributed by atoms with Crippen LogP contribution in [0.3, 0.4) is 0 Å². The van der Waals surface area contributed by atoms with Gasteiger partial charge in [0, 0.05) is 16.8 Å². The fourth-order valence-corrected chi connectivity index (χ4v) is 2.33. The van der Waals surface area contributed by atoms with E-state index in [4.69, 9.17) is 16.3 Å². The number of hydrogen-bond acceptors (Lipinski definition) is 3. The van der Waals surface area contributed by atoms with E-state index in [1.54, 1.807) is 24.5 Å². The van der Waals surface area contributed by atoms with Crippen molar-refractivity contribution in [2.24, 2.45) is 0 Å². The molecule has 100 valence electrons. The van der Waals surface area contributed by atoms with Crippen molar-refractivity contribution in [3.05, 3.63) is 59.4 Å². The average molecular weight is 287 g/mol. The van der Waals surface area contributed by atoms with Crippen LogP contribution in [0, 0.1) is 0 Å². The largest absolute Gasteiger partial charge is 0.465 e. The number of ether oxygens (including phenoxy) is 1. The van der Waals surface area contributed by atoms with Gasteiger partial charge in [-0.05, 0) is 18.2 Å². The number of pyridine rings is 1. The van der Waals surface area contributed by atoms with Gasteiger partial charge in [0.15, 0.2) is 0 Å². The molecule has 0 unspecified atom stereocenters. The maximum atomic E-state index is 11.5. The van der Waals surface area contributed by atoms with Crippen LogP contribution in [0.15, 0.2) is 48.8 Å². The molecule has 0 bridgehead atoms. The summed E-state index contributed by atoms with van der Waals surface area (Å²) in [6.45, 7) is 0. The maximum Gasteiger partial charge on any atom is 0.338 e. The summed E-state index contributed by atoms with van der Waals surface area (Å²) in [4.78, 5) is 15.8. The van der Waals surface area contributed by atoms with Gasteiger partial charge < -0.3 is 4.74 Å². The molecule has 0 amide bonds. The van der Waals surface area contributed by atoms with E-state index in [1.165, 1.54) is 7.11 Å². The van der Waals surface area contributed by atoms with Crippen molar-refractivity contribution >= 4 is 23.2 Å². The molecular formula is C15H11ClN2O2. The van der Waals surface area contributed by atoms with Crippen LogP contribution in [0.2, 0.25) is 5.02 Å². The van der Waals surface area contributed by atoms with Crippen molar-refractivity contribution in [3.8, 4) is 11.3 Å². The highest BCUT2D eigenvalue weighted by Gasteiger charge is 2.11. The lowest BCUT2D eigenvalue weighted by molar-refractivity contribution is 0.0600. The van der Waals surface area contributed by atoms with Crippen LogP contribution in [0.1, 0.15) is 10.4 Å². The number of benzene rings is 1. The lowest BCUT2D eigenvalue weighted by Gasteiger charge is -2.05. The standard InChI is InChI=1S/C15H11ClN2O2/c1-20-15(19)10-6-7-18-13(9-17-14(18)8-10)11-4-2-3-5-12(11)16/h2-9H,1H3. The Kier molecular flexibility index (Phi) is 3.16. The highest BCUT2D eigenvalue weighted by Crippen LogP contribution is 2.28. The molecule has 1 aromatic carbocycles. The molecule has 0 aliphatic carbocycles. The predicted octanol–water partition coefficient (Wildman–Crippen LogP) is 3.44. The fraction of sp³-hybridized carbons (Fsp3) is 0.0667. The number of carbonyl (C=O) groups excluding carboxylic acids is 1. The van der Waals surface area contributed by atoms with E-state index in [1.807, 2.05) is 28.7 Å². The first-order valence-electron chi connectivity index (χ1n) is 6.01. The quantitative estimate of drug-likeness (QED) is 0.678. The molecule has 0 fully saturated rings. The summed E-state index contributed by atoms with van der Waals surface area (Å²) >= 11 is 6.21. The van der Waals surface area contributed by atoms with Gasteiger partial charge in [0.2, 0.25) is 0 Å². The number of halogens is 1. The van der Waals surface area contributed by atoms with Crippen molar-refractivity contribution < 1.29 is 9.53 Å². The van der Waals surface area contributed by atoms with E-state index < -0.39 is 0 Å². The molecule has 0 saturated carbocycles. The van der Waals surface area contributed by atoms with E-state index >= 15 is 0 Å². The minimum atomic E-state index is -0.380. The van der Waals surface area contributed by atoms with E-state index in [-0.39, 0.29) is 5.97 Å². The van der Waals surface area contributed by atoms with Crippen LogP contribution in [-0.4, -0.2) is 22.5 Å². The molecule has 3 rings (SSSR count). The Balaban J connectivity index is 2.16. The van der Waals surface area contributed by atoms with Crippen molar-refractivity contribution in [1.82, 2.24) is 9.38 Å². The normalized spacial score (nSPS) is 10.7. The molecule has 2 aromatic heterocycles. The van der Waals surface area contributed by atoms with Gasteiger partial charge in [-0.25, -0.2) is 9.78 Å². The van der Waals surface area contributed by atoms with Crippen molar-refractivity contribution in [2.75, 3.05) is 7.11 Å². The van der Waals surface area contributed by atoms with Gasteiger partial charge in [-0.1, -0.05) is 29.8 Å². The molecule has 0 aliphatic heterocycles. The summed E-state index contributed by atoms with van der Waals surface area (Å²) in [6, 6.07) is 10.9. The fourth-order valence-electron chi connectivity index (χ4n) is 2.09. The molecule has 0 saturated heterocycles. The zero-order valence-corrected chi connectivity index (χ0v) is 11.5. The second-order valence-electron chi connectivity index (χ2n) is 4.26. The molecule has 0 atom stereocenters. The minimum absolute atomic E-state index is 0.380. The molecule has 3 aromatic rings. The Morgan fingerprint density at radius 3 is 2.85 bits per heavy atom. The molecule has 20 heavy (non-hydrogen) atoms. The van der Waals surface area contributed by atoms with E-state index in [0.717, 1.165) is 11.3 Å². The first-order chi connectivity index (χ1) is 9.70. The Morgan fingerprint density at radius 1 is 1.30 bits per heavy atom. The van der Waals surface area contributed by atoms with E-state index in [2.05, 4.69) is 4.98 Å². The summed E-state index contributed by atoms with van der Waals surface area (Å²) in [6.07, 6.45) is 3.52. The number of rotatable bonds is 2. The third-order valence-electron chi connectivity index (χ3n) is 3.08. The molecular weight excluding hydrogens is 276 g/mol. The Hall–Kier alpha value is -2.33. The Labute approximate surface area is 120 Å². The third-order valence-corrected chi connectivity index (χ3v) is 3.41. The second-order valence-corrected chi connectivity index (χ2v) is 4.67. The summed E-state index contributed by atoms with van der Waals surface area (Å²) in [5.74, 6) is -0.380. The van der Waals surface area contributed by atoms with Crippen molar-refractivity contribution in [1.29, 1.82) is 0 Å². The van der Waals surface area contributed by atoms with Crippen LogP contribution in [0.25, 0.3) is 16.9 Å². The summed E-state index contributed by atoms with van der Waals surface area (Å²) in [5.41, 5.74) is 2.91. The lowest BCUT2D eigenvalue weighted by atomic mass is 10.1. The van der Waals surface area contributed by atoms with Crippen LogP contribution in [0.5, 0.6) is 0 Å². The van der Waals surface area contributed by atoms with Crippen molar-refractivity contribution in [2.45, 2.75) is 0 Å². The van der Waals surface area contributed by atoms with E-state index in [9.17, 15) is 4.79 Å². The maximum absolute atomic E-state index is 11.5. The number of hydrogen-bond donors (Lipinski definition) is 0. The molecule has 5 heteroatoms. The first-order valence-corrected chi connectivity index (χ1v) is 6.39. The average Bonchev–Trinajstić information content (AvgIpc) is 2.90. The van der Waals surface area contributed by atoms with Crippen LogP contribution in [-0.2, 0) is 4.74 Å². The summed E-state index contributed by atoms with van der Waals surface area (Å²) in [5, 5.41) is 0.659. The summed E-state index contributed by atoms with van der Waals surface area (Å²) < 4.78 is 6.58. The monoisotopic (exact) mass is 286 g/mol. The minimum Gasteiger partial charge on any atom is -0.465 e. The predicted molar refractivity (Wildman–Crippen MR) is 77.0 cm³/mol. The second kappa shape index (κ2) is 4.98. The van der Waals surface area contributed by atoms with Crippen molar-refractivity contribution in [3.63, 3.8) is 0 Å². The molecule has 0 radical (unpaired) electrons. The summed E-state index contributed by atoms with van der Waals surface area (Å²) in [7, 11) is 1.35. The SMILES string of the molecule is COC(=O)c1ccn2c(-c3ccccc3Cl)cnc2c1. The van der Waals surface area contributed by atoms with Crippen LogP contribution < -0.4 is 0 Å². The lowest BCUT2D eigenvalue weighted by Crippen LogP contribution is -2.02. The zero-order chi connectivity index (χ0) is 14.1. The highest BCUT2D eigenvalue weighted by molar-refractivity contribution is 6.33. The third kappa shape index (κ3) is 2.04. The van der Waals surface area contributed by atoms with Gasteiger partial charge in [-0.3, -0.25) is 4.40 Å². The van der Waals surface area contributed by atoms with E-state index in [0.29, 0.717) is 16.2 Å². The Morgan fingerprint density at radius 2 is 2.10 bits per heavy atom. The van der Waals surface area contributed by atoms with Crippen LogP contribution in [0.4, 0.5) is 0 Å². The van der Waals surface area contributed by atoms with Gasteiger partial charge in [0.05, 0.1) is 24.6 Å². The van der Waals surface area contributed by atoms with Gasteiger partial charge in [0.25, 0.3) is 0 Å². The number of esters is 1. The smallest absolute Gasteiger partial charge is 0.338 e. The molecule has 0 aliphatic rings. The molecule has 0 spiro atoms. The number of carbonyl (C=O) groups is 1. The number of imidazole rings is 1. The van der Waals surface area contributed by atoms with Gasteiger partial charge in [0.1, 0.15) is 5.65 Å². The number of methoxy groups -OCH3 is 1. The van der Waals surface area contributed by atoms with Gasteiger partial charge >= 0.3 is 5.97 Å². The Bertz CT molecular complexity index is 795. The van der Waals surface area contributed by atoms with Crippen LogP contribution >= 0.6 is 11.6 Å². The van der Waals surface area contributed by atoms with Gasteiger partial charge in [-0.2, -0.15) is 0 Å². The first kappa shape index (κ1) is 12.7. The molecule has 0 N–H and O–H groups in total. The molecule has 2 heterocycles. The topological polar surface area (TPSA) is 43.6 Å². The van der Waals surface area contributed by atoms with Gasteiger partial charge in [-0.15, -0.1) is 0 Å². The molecule has 4 nitrogen and oxygen atoms in total. The number of aromatic nitrogens is 2. The number of fused-ring (bicyclic) bond motifs is 1. The number of nitrogens with zero attached hydrogens (tertiary/aromatic N) is 2. The zero-order valence-electron chi connectivity index (χ0n) is 10.7.